The number of unbranched alkanes of at least 4 members (excludes halogenated alkanes) is 1. The average Bonchev–Trinajstić information content (AvgIpc) is 3.01. The summed E-state index contributed by atoms with van der Waals surface area (Å²) in [7, 11) is 0. The van der Waals surface area contributed by atoms with E-state index in [-0.39, 0.29) is 11.2 Å². The minimum Gasteiger partial charge on any atom is -0.480 e. The Kier molecular flexibility index (Phi) is 9.85. The summed E-state index contributed by atoms with van der Waals surface area (Å²) < 4.78 is 5.53. The summed E-state index contributed by atoms with van der Waals surface area (Å²) in [4.78, 5) is 45.0. The molecule has 1 aliphatic heterocycles. The molecule has 0 aliphatic carbocycles. The zero-order valence-electron chi connectivity index (χ0n) is 12.8. The van der Waals surface area contributed by atoms with Crippen LogP contribution in [0.5, 0.6) is 0 Å². The molecule has 1 aliphatic rings. The Balaban J connectivity index is 2.26. The molecule has 2 unspecified atom stereocenters. The fraction of sp³-hybridized carbons (Fsp3) is 0.846. The first-order valence-electron chi connectivity index (χ1n) is 7.55. The molecule has 0 radical (unpaired) electrons. The average molecular weight is 363 g/mol. The number of amides is 1. The number of hydrogen-bond donors (Lipinski definition) is 1. The van der Waals surface area contributed by atoms with Crippen LogP contribution < -0.4 is 0 Å². The molecule has 1 rings (SSSR count). The largest absolute Gasteiger partial charge is 0.480 e. The minimum atomic E-state index is -0.939. The smallest absolute Gasteiger partial charge is 0.326 e. The molecule has 1 saturated heterocycles. The van der Waals surface area contributed by atoms with Crippen LogP contribution in [0.15, 0.2) is 9.16 Å². The van der Waals surface area contributed by atoms with Crippen LogP contribution in [-0.2, 0) is 9.59 Å². The van der Waals surface area contributed by atoms with Crippen molar-refractivity contribution in [3.63, 3.8) is 0 Å². The zero-order valence-corrected chi connectivity index (χ0v) is 14.4. The standard InChI is InChI=1S/C13H21N3O5S2/c17-12(16-8-3-5-11(16)13(18)19)6-2-1-4-10(23-15-21)7-9-22-14-20/h10-11H,1-9H2,(H,18,19). The highest BCUT2D eigenvalue weighted by Gasteiger charge is 2.33. The molecule has 0 aromatic carbocycles. The van der Waals surface area contributed by atoms with Gasteiger partial charge in [-0.05, 0) is 32.1 Å². The predicted octanol–water partition coefficient (Wildman–Crippen LogP) is 3.21. The number of rotatable bonds is 12. The van der Waals surface area contributed by atoms with E-state index in [9.17, 15) is 19.4 Å². The Morgan fingerprint density at radius 1 is 1.22 bits per heavy atom. The highest BCUT2D eigenvalue weighted by molar-refractivity contribution is 7.99. The molecule has 0 aromatic rings. The molecule has 1 heterocycles. The number of nitroso groups, excluding NO2 is 2. The van der Waals surface area contributed by atoms with E-state index in [4.69, 9.17) is 5.11 Å². The predicted molar refractivity (Wildman–Crippen MR) is 90.9 cm³/mol. The molecular formula is C13H21N3O5S2. The third-order valence-corrected chi connectivity index (χ3v) is 5.18. The fourth-order valence-corrected chi connectivity index (χ4v) is 3.88. The van der Waals surface area contributed by atoms with Crippen molar-refractivity contribution in [1.82, 2.24) is 4.90 Å². The SMILES string of the molecule is O=NSCCC(CCCCC(=O)N1CCCC1C(=O)O)SN=O. The quantitative estimate of drug-likeness (QED) is 0.321. The Hall–Kier alpha value is -1.16. The number of nitrogens with zero attached hydrogens (tertiary/aromatic N) is 3. The van der Waals surface area contributed by atoms with Gasteiger partial charge in [0, 0.05) is 57.0 Å². The van der Waals surface area contributed by atoms with Crippen molar-refractivity contribution < 1.29 is 14.7 Å². The van der Waals surface area contributed by atoms with Crippen LogP contribution in [-0.4, -0.2) is 45.5 Å². The normalized spacial score (nSPS) is 18.6. The van der Waals surface area contributed by atoms with Gasteiger partial charge in [-0.3, -0.25) is 4.79 Å². The summed E-state index contributed by atoms with van der Waals surface area (Å²) in [6.07, 6.45) is 4.36. The van der Waals surface area contributed by atoms with Crippen molar-refractivity contribution in [3.05, 3.63) is 9.81 Å². The summed E-state index contributed by atoms with van der Waals surface area (Å²) in [6.45, 7) is 0.513. The molecule has 1 N–H and O–H groups in total. The van der Waals surface area contributed by atoms with Gasteiger partial charge >= 0.3 is 5.97 Å². The Labute approximate surface area is 143 Å². The van der Waals surface area contributed by atoms with Crippen molar-refractivity contribution in [2.75, 3.05) is 12.3 Å². The summed E-state index contributed by atoms with van der Waals surface area (Å²) in [5, 5.41) is 9.09. The third kappa shape index (κ3) is 7.30. The zero-order chi connectivity index (χ0) is 17.1. The molecular weight excluding hydrogens is 342 g/mol. The second-order valence-electron chi connectivity index (χ2n) is 5.33. The van der Waals surface area contributed by atoms with E-state index < -0.39 is 12.0 Å². The van der Waals surface area contributed by atoms with Gasteiger partial charge in [0.05, 0.1) is 0 Å². The second kappa shape index (κ2) is 11.4. The number of carbonyl (C=O) groups excluding carboxylic acids is 1. The van der Waals surface area contributed by atoms with E-state index in [2.05, 4.69) is 9.16 Å². The lowest BCUT2D eigenvalue weighted by molar-refractivity contribution is -0.148. The molecule has 0 bridgehead atoms. The highest BCUT2D eigenvalue weighted by Crippen LogP contribution is 2.24. The minimum absolute atomic E-state index is 0.0235. The Morgan fingerprint density at radius 3 is 2.65 bits per heavy atom. The van der Waals surface area contributed by atoms with E-state index in [1.54, 1.807) is 0 Å². The first kappa shape index (κ1) is 19.9. The molecule has 8 nitrogen and oxygen atoms in total. The van der Waals surface area contributed by atoms with Gasteiger partial charge < -0.3 is 10.0 Å². The van der Waals surface area contributed by atoms with Gasteiger partial charge in [-0.1, -0.05) is 6.42 Å². The van der Waals surface area contributed by atoms with Crippen LogP contribution in [0.4, 0.5) is 0 Å². The van der Waals surface area contributed by atoms with E-state index in [1.165, 1.54) is 4.90 Å². The molecule has 0 saturated carbocycles. The summed E-state index contributed by atoms with van der Waals surface area (Å²) in [5.74, 6) is -0.511. The van der Waals surface area contributed by atoms with Crippen LogP contribution in [0.3, 0.4) is 0 Å². The number of hydrogen-bond acceptors (Lipinski definition) is 8. The van der Waals surface area contributed by atoms with Gasteiger partial charge in [0.1, 0.15) is 6.04 Å². The maximum Gasteiger partial charge on any atom is 0.326 e. The topological polar surface area (TPSA) is 116 Å². The fourth-order valence-electron chi connectivity index (χ4n) is 2.65. The molecule has 0 spiro atoms. The van der Waals surface area contributed by atoms with Crippen LogP contribution in [0.1, 0.15) is 44.9 Å². The lowest BCUT2D eigenvalue weighted by Gasteiger charge is -2.21. The van der Waals surface area contributed by atoms with Gasteiger partial charge in [-0.25, -0.2) is 4.79 Å². The molecule has 23 heavy (non-hydrogen) atoms. The molecule has 1 amide bonds. The number of aliphatic carboxylic acids is 1. The monoisotopic (exact) mass is 363 g/mol. The van der Waals surface area contributed by atoms with Crippen LogP contribution in [0, 0.1) is 9.81 Å². The number of carbonyl (C=O) groups is 2. The van der Waals surface area contributed by atoms with Crippen molar-refractivity contribution >= 4 is 35.8 Å². The molecule has 0 aromatic heterocycles. The van der Waals surface area contributed by atoms with E-state index in [1.807, 2.05) is 0 Å². The van der Waals surface area contributed by atoms with Crippen LogP contribution >= 0.6 is 23.9 Å². The van der Waals surface area contributed by atoms with Gasteiger partial charge in [0.15, 0.2) is 0 Å². The van der Waals surface area contributed by atoms with Gasteiger partial charge in [-0.2, -0.15) is 0 Å². The first-order valence-corrected chi connectivity index (χ1v) is 9.33. The lowest BCUT2D eigenvalue weighted by atomic mass is 10.1. The van der Waals surface area contributed by atoms with E-state index in [0.717, 1.165) is 43.2 Å². The maximum absolute atomic E-state index is 12.1. The Bertz CT molecular complexity index is 424. The van der Waals surface area contributed by atoms with Gasteiger partial charge in [-0.15, -0.1) is 9.81 Å². The van der Waals surface area contributed by atoms with Crippen LogP contribution in [0.2, 0.25) is 0 Å². The third-order valence-electron chi connectivity index (χ3n) is 3.80. The molecule has 130 valence electrons. The van der Waals surface area contributed by atoms with Crippen molar-refractivity contribution in [3.8, 4) is 0 Å². The summed E-state index contributed by atoms with van der Waals surface area (Å²) in [5.41, 5.74) is 0. The summed E-state index contributed by atoms with van der Waals surface area (Å²) in [6, 6.07) is -0.682. The van der Waals surface area contributed by atoms with Crippen molar-refractivity contribution in [2.45, 2.75) is 56.2 Å². The Morgan fingerprint density at radius 2 is 2.00 bits per heavy atom. The van der Waals surface area contributed by atoms with Gasteiger partial charge in [0.25, 0.3) is 0 Å². The number of carboxylic acid groups (broad SMARTS) is 1. The molecule has 10 heteroatoms. The number of likely N-dealkylation sites (tertiary alicyclic amines) is 1. The lowest BCUT2D eigenvalue weighted by Crippen LogP contribution is -2.40. The molecule has 1 fully saturated rings. The highest BCUT2D eigenvalue weighted by atomic mass is 32.2. The van der Waals surface area contributed by atoms with Crippen molar-refractivity contribution in [2.24, 2.45) is 9.16 Å². The molecule has 2 atom stereocenters. The van der Waals surface area contributed by atoms with E-state index >= 15 is 0 Å². The second-order valence-corrected chi connectivity index (χ2v) is 7.17. The van der Waals surface area contributed by atoms with Crippen molar-refractivity contribution in [1.29, 1.82) is 0 Å². The summed E-state index contributed by atoms with van der Waals surface area (Å²) >= 11 is 1.88. The number of carboxylic acids is 1. The van der Waals surface area contributed by atoms with Crippen LogP contribution in [0.25, 0.3) is 0 Å². The first-order chi connectivity index (χ1) is 11.1. The van der Waals surface area contributed by atoms with E-state index in [0.29, 0.717) is 38.0 Å². The maximum atomic E-state index is 12.1. The van der Waals surface area contributed by atoms with Gasteiger partial charge in [0.2, 0.25) is 5.91 Å².